The molecule has 0 radical (unpaired) electrons. The predicted octanol–water partition coefficient (Wildman–Crippen LogP) is 3.11. The Morgan fingerprint density at radius 1 is 1.12 bits per heavy atom. The van der Waals surface area contributed by atoms with E-state index in [0.29, 0.717) is 18.9 Å². The standard InChI is InChI=1S/C21H30N2O2/c1-21(2,3)23-15-18(14-19(23)24)20(25)22-11-9-17(10-12-22)13-16-7-5-4-6-8-16/h4-8,17-18H,9-15H2,1-3H3/t18-/m1/s1. The molecule has 2 heterocycles. The second-order valence-corrected chi connectivity index (χ2v) is 8.53. The van der Waals surface area contributed by atoms with Crippen molar-refractivity contribution < 1.29 is 9.59 Å². The maximum atomic E-state index is 12.8. The largest absolute Gasteiger partial charge is 0.342 e. The molecule has 2 saturated heterocycles. The first-order valence-electron chi connectivity index (χ1n) is 9.48. The fourth-order valence-corrected chi connectivity index (χ4v) is 4.08. The Hall–Kier alpha value is -1.84. The number of rotatable bonds is 3. The van der Waals surface area contributed by atoms with Crippen LogP contribution in [0.25, 0.3) is 0 Å². The average Bonchev–Trinajstić information content (AvgIpc) is 2.98. The molecular weight excluding hydrogens is 312 g/mol. The summed E-state index contributed by atoms with van der Waals surface area (Å²) in [4.78, 5) is 28.9. The van der Waals surface area contributed by atoms with E-state index in [1.807, 2.05) is 30.6 Å². The van der Waals surface area contributed by atoms with Crippen molar-refractivity contribution in [3.8, 4) is 0 Å². The van der Waals surface area contributed by atoms with E-state index in [2.05, 4.69) is 30.3 Å². The van der Waals surface area contributed by atoms with Gasteiger partial charge in [0.05, 0.1) is 5.92 Å². The average molecular weight is 342 g/mol. The predicted molar refractivity (Wildman–Crippen MR) is 99.0 cm³/mol. The molecule has 2 fully saturated rings. The van der Waals surface area contributed by atoms with Crippen LogP contribution < -0.4 is 0 Å². The molecule has 0 aromatic heterocycles. The van der Waals surface area contributed by atoms with Crippen molar-refractivity contribution in [1.82, 2.24) is 9.80 Å². The molecule has 1 aromatic rings. The number of nitrogens with zero attached hydrogens (tertiary/aromatic N) is 2. The van der Waals surface area contributed by atoms with Crippen molar-refractivity contribution in [2.75, 3.05) is 19.6 Å². The number of piperidine rings is 1. The first-order valence-corrected chi connectivity index (χ1v) is 9.48. The fourth-order valence-electron chi connectivity index (χ4n) is 4.08. The van der Waals surface area contributed by atoms with Crippen LogP contribution in [0.5, 0.6) is 0 Å². The molecule has 1 atom stereocenters. The molecule has 1 aromatic carbocycles. The first kappa shape index (κ1) is 18.0. The Morgan fingerprint density at radius 3 is 2.32 bits per heavy atom. The Balaban J connectivity index is 1.51. The lowest BCUT2D eigenvalue weighted by Crippen LogP contribution is -2.45. The van der Waals surface area contributed by atoms with Crippen molar-refractivity contribution in [1.29, 1.82) is 0 Å². The summed E-state index contributed by atoms with van der Waals surface area (Å²) in [6.07, 6.45) is 3.59. The van der Waals surface area contributed by atoms with Gasteiger partial charge in [0, 0.05) is 31.6 Å². The lowest BCUT2D eigenvalue weighted by molar-refractivity contribution is -0.137. The molecule has 0 bridgehead atoms. The van der Waals surface area contributed by atoms with Gasteiger partial charge in [-0.2, -0.15) is 0 Å². The lowest BCUT2D eigenvalue weighted by atomic mass is 9.89. The fraction of sp³-hybridized carbons (Fsp3) is 0.619. The third-order valence-electron chi connectivity index (χ3n) is 5.58. The van der Waals surface area contributed by atoms with Crippen LogP contribution in [0.15, 0.2) is 30.3 Å². The molecule has 0 N–H and O–H groups in total. The van der Waals surface area contributed by atoms with E-state index >= 15 is 0 Å². The molecule has 4 nitrogen and oxygen atoms in total. The summed E-state index contributed by atoms with van der Waals surface area (Å²) in [5.41, 5.74) is 1.18. The van der Waals surface area contributed by atoms with Crippen LogP contribution in [-0.4, -0.2) is 46.8 Å². The molecule has 2 amide bonds. The van der Waals surface area contributed by atoms with E-state index in [1.54, 1.807) is 0 Å². The lowest BCUT2D eigenvalue weighted by Gasteiger charge is -2.35. The third-order valence-corrected chi connectivity index (χ3v) is 5.58. The molecule has 0 spiro atoms. The Bertz CT molecular complexity index is 613. The van der Waals surface area contributed by atoms with E-state index in [-0.39, 0.29) is 23.3 Å². The van der Waals surface area contributed by atoms with Crippen molar-refractivity contribution in [2.24, 2.45) is 11.8 Å². The van der Waals surface area contributed by atoms with Crippen LogP contribution >= 0.6 is 0 Å². The Morgan fingerprint density at radius 2 is 1.76 bits per heavy atom. The van der Waals surface area contributed by atoms with Gasteiger partial charge in [-0.3, -0.25) is 9.59 Å². The number of hydrogen-bond donors (Lipinski definition) is 0. The highest BCUT2D eigenvalue weighted by molar-refractivity contribution is 5.89. The van der Waals surface area contributed by atoms with Gasteiger partial charge in [-0.1, -0.05) is 30.3 Å². The van der Waals surface area contributed by atoms with Crippen LogP contribution in [0.2, 0.25) is 0 Å². The highest BCUT2D eigenvalue weighted by Crippen LogP contribution is 2.29. The molecule has 25 heavy (non-hydrogen) atoms. The summed E-state index contributed by atoms with van der Waals surface area (Å²) in [5, 5.41) is 0. The third kappa shape index (κ3) is 4.23. The molecule has 0 saturated carbocycles. The molecule has 2 aliphatic heterocycles. The zero-order valence-corrected chi connectivity index (χ0v) is 15.7. The van der Waals surface area contributed by atoms with Gasteiger partial charge >= 0.3 is 0 Å². The van der Waals surface area contributed by atoms with E-state index in [1.165, 1.54) is 5.56 Å². The van der Waals surface area contributed by atoms with E-state index in [4.69, 9.17) is 0 Å². The van der Waals surface area contributed by atoms with E-state index in [0.717, 1.165) is 32.4 Å². The van der Waals surface area contributed by atoms with Crippen molar-refractivity contribution in [3.05, 3.63) is 35.9 Å². The molecule has 136 valence electrons. The molecule has 2 aliphatic rings. The SMILES string of the molecule is CC(C)(C)N1C[C@H](C(=O)N2CCC(Cc3ccccc3)CC2)CC1=O. The summed E-state index contributed by atoms with van der Waals surface area (Å²) in [5.74, 6) is 0.795. The Labute approximate surface area is 151 Å². The van der Waals surface area contributed by atoms with Gasteiger partial charge in [-0.25, -0.2) is 0 Å². The Kier molecular flexibility index (Phi) is 5.16. The number of carbonyl (C=O) groups is 2. The molecule has 3 rings (SSSR count). The number of carbonyl (C=O) groups excluding carboxylic acids is 2. The van der Waals surface area contributed by atoms with Gasteiger partial charge in [0.15, 0.2) is 0 Å². The normalized spacial score (nSPS) is 22.5. The summed E-state index contributed by atoms with van der Waals surface area (Å²) >= 11 is 0. The van der Waals surface area contributed by atoms with Crippen LogP contribution in [-0.2, 0) is 16.0 Å². The van der Waals surface area contributed by atoms with Gasteiger partial charge < -0.3 is 9.80 Å². The number of hydrogen-bond acceptors (Lipinski definition) is 2. The zero-order chi connectivity index (χ0) is 18.0. The second kappa shape index (κ2) is 7.19. The van der Waals surface area contributed by atoms with Crippen molar-refractivity contribution in [2.45, 2.75) is 52.0 Å². The molecule has 0 unspecified atom stereocenters. The van der Waals surface area contributed by atoms with Gasteiger partial charge in [0.2, 0.25) is 11.8 Å². The van der Waals surface area contributed by atoms with Crippen LogP contribution in [0, 0.1) is 11.8 Å². The first-order chi connectivity index (χ1) is 11.8. The maximum absolute atomic E-state index is 12.8. The van der Waals surface area contributed by atoms with Gasteiger partial charge in [0.25, 0.3) is 0 Å². The van der Waals surface area contributed by atoms with Crippen LogP contribution in [0.3, 0.4) is 0 Å². The zero-order valence-electron chi connectivity index (χ0n) is 15.7. The van der Waals surface area contributed by atoms with E-state index in [9.17, 15) is 9.59 Å². The number of amides is 2. The summed E-state index contributed by atoms with van der Waals surface area (Å²) in [7, 11) is 0. The molecule has 4 heteroatoms. The minimum absolute atomic E-state index is 0.116. The highest BCUT2D eigenvalue weighted by Gasteiger charge is 2.41. The van der Waals surface area contributed by atoms with Crippen molar-refractivity contribution >= 4 is 11.8 Å². The van der Waals surface area contributed by atoms with Gasteiger partial charge in [-0.05, 0) is 51.5 Å². The summed E-state index contributed by atoms with van der Waals surface area (Å²) < 4.78 is 0. The molecule has 0 aliphatic carbocycles. The molecular formula is C21H30N2O2. The monoisotopic (exact) mass is 342 g/mol. The number of likely N-dealkylation sites (tertiary alicyclic amines) is 2. The van der Waals surface area contributed by atoms with Gasteiger partial charge in [0.1, 0.15) is 0 Å². The van der Waals surface area contributed by atoms with Gasteiger partial charge in [-0.15, -0.1) is 0 Å². The summed E-state index contributed by atoms with van der Waals surface area (Å²) in [6, 6.07) is 10.6. The highest BCUT2D eigenvalue weighted by atomic mass is 16.2. The minimum atomic E-state index is -0.200. The van der Waals surface area contributed by atoms with Crippen LogP contribution in [0.4, 0.5) is 0 Å². The van der Waals surface area contributed by atoms with Crippen LogP contribution in [0.1, 0.15) is 45.6 Å². The summed E-state index contributed by atoms with van der Waals surface area (Å²) in [6.45, 7) is 8.34. The topological polar surface area (TPSA) is 40.6 Å². The number of benzene rings is 1. The van der Waals surface area contributed by atoms with Crippen molar-refractivity contribution in [3.63, 3.8) is 0 Å². The second-order valence-electron chi connectivity index (χ2n) is 8.53. The quantitative estimate of drug-likeness (QED) is 0.847. The smallest absolute Gasteiger partial charge is 0.227 e. The minimum Gasteiger partial charge on any atom is -0.342 e. The maximum Gasteiger partial charge on any atom is 0.227 e. The van der Waals surface area contributed by atoms with E-state index < -0.39 is 0 Å².